The highest BCUT2D eigenvalue weighted by atomic mass is 79.9. The minimum atomic E-state index is 0.0995. The van der Waals surface area contributed by atoms with E-state index in [9.17, 15) is 0 Å². The van der Waals surface area contributed by atoms with Crippen molar-refractivity contribution in [3.8, 4) is 5.75 Å². The third kappa shape index (κ3) is 2.85. The molecule has 0 spiro atoms. The van der Waals surface area contributed by atoms with Crippen LogP contribution in [0, 0.1) is 6.92 Å². The Morgan fingerprint density at radius 1 is 1.58 bits per heavy atom. The van der Waals surface area contributed by atoms with Gasteiger partial charge in [0.05, 0.1) is 23.1 Å². The third-order valence-corrected chi connectivity index (χ3v) is 5.21. The van der Waals surface area contributed by atoms with E-state index >= 15 is 0 Å². The first kappa shape index (κ1) is 14.6. The molecule has 0 radical (unpaired) electrons. The zero-order chi connectivity index (χ0) is 14.0. The number of nitrogens with one attached hydrogen (secondary N) is 1. The van der Waals surface area contributed by atoms with Crippen molar-refractivity contribution in [1.29, 1.82) is 0 Å². The van der Waals surface area contributed by atoms with E-state index in [1.54, 1.807) is 24.6 Å². The number of ether oxygens (including phenoxy) is 1. The van der Waals surface area contributed by atoms with Gasteiger partial charge in [0.25, 0.3) is 0 Å². The molecule has 0 aliphatic heterocycles. The van der Waals surface area contributed by atoms with E-state index in [1.807, 2.05) is 11.7 Å². The molecule has 4 nitrogen and oxygen atoms in total. The van der Waals surface area contributed by atoms with Gasteiger partial charge in [-0.15, -0.1) is 11.3 Å². The molecule has 1 unspecified atom stereocenters. The number of hydrogen-bond donors (Lipinski definition) is 1. The van der Waals surface area contributed by atoms with E-state index in [-0.39, 0.29) is 6.04 Å². The van der Waals surface area contributed by atoms with E-state index in [2.05, 4.69) is 46.3 Å². The number of methoxy groups -OCH3 is 1. The van der Waals surface area contributed by atoms with Crippen molar-refractivity contribution in [2.75, 3.05) is 13.7 Å². The number of rotatable bonds is 5. The summed E-state index contributed by atoms with van der Waals surface area (Å²) in [5.41, 5.74) is 2.31. The summed E-state index contributed by atoms with van der Waals surface area (Å²) in [4.78, 5) is 1.26. The maximum atomic E-state index is 5.42. The predicted octanol–water partition coefficient (Wildman–Crippen LogP) is 3.26. The first-order valence-electron chi connectivity index (χ1n) is 6.13. The Labute approximate surface area is 125 Å². The Morgan fingerprint density at radius 3 is 2.84 bits per heavy atom. The van der Waals surface area contributed by atoms with Gasteiger partial charge in [0.15, 0.2) is 5.75 Å². The van der Waals surface area contributed by atoms with Gasteiger partial charge in [-0.05, 0) is 41.0 Å². The molecule has 0 fully saturated rings. The van der Waals surface area contributed by atoms with E-state index in [1.165, 1.54) is 14.2 Å². The maximum absolute atomic E-state index is 5.42. The molecule has 19 heavy (non-hydrogen) atoms. The van der Waals surface area contributed by atoms with Crippen molar-refractivity contribution in [1.82, 2.24) is 15.1 Å². The van der Waals surface area contributed by atoms with Gasteiger partial charge in [0.2, 0.25) is 0 Å². The lowest BCUT2D eigenvalue weighted by Gasteiger charge is -2.18. The van der Waals surface area contributed by atoms with E-state index in [0.29, 0.717) is 0 Å². The molecule has 1 atom stereocenters. The van der Waals surface area contributed by atoms with Crippen LogP contribution >= 0.6 is 27.3 Å². The van der Waals surface area contributed by atoms with Gasteiger partial charge < -0.3 is 10.1 Å². The van der Waals surface area contributed by atoms with Crippen molar-refractivity contribution < 1.29 is 4.74 Å². The lowest BCUT2D eigenvalue weighted by atomic mass is 10.1. The van der Waals surface area contributed by atoms with Crippen LogP contribution in [-0.4, -0.2) is 23.4 Å². The standard InChI is InChI=1S/C13H18BrN3OS/c1-5-15-11(10-6-8(2)13(14)19-10)12-9(18-4)7-16-17(12)3/h6-7,11,15H,5H2,1-4H3. The van der Waals surface area contributed by atoms with Crippen LogP contribution in [0.3, 0.4) is 0 Å². The summed E-state index contributed by atoms with van der Waals surface area (Å²) >= 11 is 5.34. The molecule has 104 valence electrons. The highest BCUT2D eigenvalue weighted by Gasteiger charge is 2.23. The molecule has 0 amide bonds. The van der Waals surface area contributed by atoms with Crippen LogP contribution in [0.1, 0.15) is 29.1 Å². The summed E-state index contributed by atoms with van der Waals surface area (Å²) in [6.45, 7) is 5.09. The van der Waals surface area contributed by atoms with Crippen molar-refractivity contribution in [2.24, 2.45) is 7.05 Å². The molecular weight excluding hydrogens is 326 g/mol. The van der Waals surface area contributed by atoms with Gasteiger partial charge >= 0.3 is 0 Å². The molecule has 0 aliphatic carbocycles. The third-order valence-electron chi connectivity index (χ3n) is 3.01. The Kier molecular flexibility index (Phi) is 4.65. The van der Waals surface area contributed by atoms with Crippen LogP contribution in [0.5, 0.6) is 5.75 Å². The zero-order valence-corrected chi connectivity index (χ0v) is 13.9. The molecule has 2 rings (SSSR count). The first-order valence-corrected chi connectivity index (χ1v) is 7.74. The normalized spacial score (nSPS) is 12.7. The summed E-state index contributed by atoms with van der Waals surface area (Å²) in [6.07, 6.45) is 1.76. The predicted molar refractivity (Wildman–Crippen MR) is 82.0 cm³/mol. The molecule has 0 saturated carbocycles. The Hall–Kier alpha value is -0.850. The molecule has 6 heteroatoms. The minimum Gasteiger partial charge on any atom is -0.493 e. The number of hydrogen-bond acceptors (Lipinski definition) is 4. The van der Waals surface area contributed by atoms with Crippen molar-refractivity contribution in [3.63, 3.8) is 0 Å². The average molecular weight is 344 g/mol. The summed E-state index contributed by atoms with van der Waals surface area (Å²) in [5, 5.41) is 7.80. The van der Waals surface area contributed by atoms with Gasteiger partial charge in [-0.2, -0.15) is 5.10 Å². The van der Waals surface area contributed by atoms with Crippen LogP contribution < -0.4 is 10.1 Å². The summed E-state index contributed by atoms with van der Waals surface area (Å²) in [6, 6.07) is 2.30. The molecule has 0 aromatic carbocycles. The van der Waals surface area contributed by atoms with Crippen molar-refractivity contribution in [2.45, 2.75) is 19.9 Å². The van der Waals surface area contributed by atoms with E-state index < -0.39 is 0 Å². The zero-order valence-electron chi connectivity index (χ0n) is 11.5. The highest BCUT2D eigenvalue weighted by molar-refractivity contribution is 9.11. The molecule has 0 saturated heterocycles. The lowest BCUT2D eigenvalue weighted by molar-refractivity contribution is 0.401. The summed E-state index contributed by atoms with van der Waals surface area (Å²) < 4.78 is 8.46. The molecule has 0 aliphatic rings. The van der Waals surface area contributed by atoms with Gasteiger partial charge in [-0.25, -0.2) is 0 Å². The quantitative estimate of drug-likeness (QED) is 0.905. The summed E-state index contributed by atoms with van der Waals surface area (Å²) in [5.74, 6) is 0.815. The van der Waals surface area contributed by atoms with Gasteiger partial charge in [0.1, 0.15) is 5.69 Å². The minimum absolute atomic E-state index is 0.0995. The van der Waals surface area contributed by atoms with Crippen LogP contribution in [0.25, 0.3) is 0 Å². The van der Waals surface area contributed by atoms with Gasteiger partial charge in [-0.1, -0.05) is 6.92 Å². The number of halogens is 1. The SMILES string of the molecule is CCNC(c1cc(C)c(Br)s1)c1c(OC)cnn1C. The van der Waals surface area contributed by atoms with Crippen molar-refractivity contribution in [3.05, 3.63) is 32.2 Å². The molecular formula is C13H18BrN3OS. The number of thiophene rings is 1. The second kappa shape index (κ2) is 6.07. The smallest absolute Gasteiger partial charge is 0.161 e. The van der Waals surface area contributed by atoms with Crippen molar-refractivity contribution >= 4 is 27.3 Å². The number of aromatic nitrogens is 2. The largest absolute Gasteiger partial charge is 0.493 e. The molecule has 2 aromatic heterocycles. The topological polar surface area (TPSA) is 39.1 Å². The summed E-state index contributed by atoms with van der Waals surface area (Å²) in [7, 11) is 3.62. The molecule has 0 bridgehead atoms. The Balaban J connectivity index is 2.47. The molecule has 1 N–H and O–H groups in total. The average Bonchev–Trinajstić information content (AvgIpc) is 2.91. The Bertz CT molecular complexity index is 545. The first-order chi connectivity index (χ1) is 9.08. The van der Waals surface area contributed by atoms with Gasteiger partial charge in [-0.3, -0.25) is 4.68 Å². The van der Waals surface area contributed by atoms with Crippen LogP contribution in [0.15, 0.2) is 16.0 Å². The lowest BCUT2D eigenvalue weighted by Crippen LogP contribution is -2.24. The molecule has 2 aromatic rings. The second-order valence-corrected chi connectivity index (χ2v) is 6.72. The fourth-order valence-corrected chi connectivity index (χ4v) is 3.73. The van der Waals surface area contributed by atoms with Crippen LogP contribution in [0.2, 0.25) is 0 Å². The fourth-order valence-electron chi connectivity index (χ4n) is 2.08. The van der Waals surface area contributed by atoms with E-state index in [0.717, 1.165) is 18.0 Å². The van der Waals surface area contributed by atoms with E-state index in [4.69, 9.17) is 4.74 Å². The van der Waals surface area contributed by atoms with Crippen LogP contribution in [0.4, 0.5) is 0 Å². The fraction of sp³-hybridized carbons (Fsp3) is 0.462. The van der Waals surface area contributed by atoms with Crippen LogP contribution in [-0.2, 0) is 7.05 Å². The highest BCUT2D eigenvalue weighted by Crippen LogP contribution is 2.37. The monoisotopic (exact) mass is 343 g/mol. The van der Waals surface area contributed by atoms with Gasteiger partial charge in [0, 0.05) is 11.9 Å². The number of nitrogens with zero attached hydrogens (tertiary/aromatic N) is 2. The number of aryl methyl sites for hydroxylation is 2. The maximum Gasteiger partial charge on any atom is 0.161 e. The second-order valence-electron chi connectivity index (χ2n) is 4.32. The Morgan fingerprint density at radius 2 is 2.32 bits per heavy atom. The molecule has 2 heterocycles.